The Morgan fingerprint density at radius 1 is 1.77 bits per heavy atom. The Kier molecular flexibility index (Phi) is 3.18. The molecule has 0 fully saturated rings. The molecule has 0 aromatic carbocycles. The van der Waals surface area contributed by atoms with Gasteiger partial charge in [0.2, 0.25) is 0 Å². The van der Waals surface area contributed by atoms with E-state index in [9.17, 15) is 10.1 Å². The van der Waals surface area contributed by atoms with Crippen LogP contribution in [0.3, 0.4) is 0 Å². The van der Waals surface area contributed by atoms with E-state index in [-0.39, 0.29) is 5.69 Å². The first-order chi connectivity index (χ1) is 6.15. The minimum Gasteiger partial charge on any atom is -0.491 e. The fourth-order valence-electron chi connectivity index (χ4n) is 0.774. The summed E-state index contributed by atoms with van der Waals surface area (Å²) in [5.74, 6) is 0.386. The summed E-state index contributed by atoms with van der Waals surface area (Å²) < 4.78 is 5.59. The van der Waals surface area contributed by atoms with Crippen molar-refractivity contribution < 1.29 is 9.66 Å². The minimum atomic E-state index is -0.512. The quantitative estimate of drug-likeness (QED) is 0.466. The van der Waals surface area contributed by atoms with Crippen molar-refractivity contribution in [2.45, 2.75) is 6.92 Å². The molecule has 0 radical (unpaired) electrons. The van der Waals surface area contributed by atoms with E-state index in [1.165, 1.54) is 12.3 Å². The van der Waals surface area contributed by atoms with Crippen LogP contribution in [-0.4, -0.2) is 16.5 Å². The maximum Gasteiger partial charge on any atom is 0.291 e. The maximum absolute atomic E-state index is 10.4. The summed E-state index contributed by atoms with van der Waals surface area (Å²) in [6.45, 7) is 2.24. The van der Waals surface area contributed by atoms with Gasteiger partial charge in [-0.25, -0.2) is 4.98 Å². The average Bonchev–Trinajstić information content (AvgIpc) is 2.08. The Labute approximate surface area is 83.0 Å². The van der Waals surface area contributed by atoms with Gasteiger partial charge in [0, 0.05) is 0 Å². The van der Waals surface area contributed by atoms with Gasteiger partial charge < -0.3 is 4.74 Å². The molecule has 1 aromatic rings. The third-order valence-corrected chi connectivity index (χ3v) is 1.90. The molecule has 13 heavy (non-hydrogen) atoms. The third kappa shape index (κ3) is 2.38. The number of halogens is 1. The number of pyridine rings is 1. The molecule has 0 saturated carbocycles. The molecular formula is C7H7BrN2O3. The largest absolute Gasteiger partial charge is 0.491 e. The van der Waals surface area contributed by atoms with Gasteiger partial charge in [0.1, 0.15) is 10.8 Å². The maximum atomic E-state index is 10.4. The van der Waals surface area contributed by atoms with Crippen molar-refractivity contribution in [2.24, 2.45) is 0 Å². The average molecular weight is 247 g/mol. The van der Waals surface area contributed by atoms with Crippen molar-refractivity contribution in [1.82, 2.24) is 4.98 Å². The standard InChI is InChI=1S/C7H7BrN2O3/c1-2-13-6-3-5(10(11)12)4-9-7(6)8/h3-4H,2H2,1H3. The summed E-state index contributed by atoms with van der Waals surface area (Å²) in [6, 6.07) is 1.33. The molecule has 70 valence electrons. The van der Waals surface area contributed by atoms with E-state index in [0.717, 1.165) is 0 Å². The van der Waals surface area contributed by atoms with Gasteiger partial charge in [-0.3, -0.25) is 10.1 Å². The van der Waals surface area contributed by atoms with Gasteiger partial charge >= 0.3 is 0 Å². The first-order valence-electron chi connectivity index (χ1n) is 3.58. The van der Waals surface area contributed by atoms with Gasteiger partial charge in [-0.2, -0.15) is 0 Å². The molecule has 0 spiro atoms. The normalized spacial score (nSPS) is 9.69. The van der Waals surface area contributed by atoms with Crippen LogP contribution in [-0.2, 0) is 0 Å². The van der Waals surface area contributed by atoms with Crippen LogP contribution in [0.1, 0.15) is 6.92 Å². The topological polar surface area (TPSA) is 65.3 Å². The molecule has 5 nitrogen and oxygen atoms in total. The van der Waals surface area contributed by atoms with E-state index in [0.29, 0.717) is 17.0 Å². The summed E-state index contributed by atoms with van der Waals surface area (Å²) in [5, 5.41) is 10.4. The highest BCUT2D eigenvalue weighted by Crippen LogP contribution is 2.26. The molecule has 0 N–H and O–H groups in total. The lowest BCUT2D eigenvalue weighted by molar-refractivity contribution is -0.385. The fourth-order valence-corrected chi connectivity index (χ4v) is 1.11. The predicted molar refractivity (Wildman–Crippen MR) is 49.8 cm³/mol. The summed E-state index contributed by atoms with van der Waals surface area (Å²) >= 11 is 3.12. The molecular weight excluding hydrogens is 240 g/mol. The Hall–Kier alpha value is -1.17. The van der Waals surface area contributed by atoms with Gasteiger partial charge in [0.25, 0.3) is 5.69 Å². The predicted octanol–water partition coefficient (Wildman–Crippen LogP) is 2.15. The van der Waals surface area contributed by atoms with Gasteiger partial charge in [-0.15, -0.1) is 0 Å². The Balaban J connectivity index is 3.03. The Bertz CT molecular complexity index is 330. The molecule has 0 unspecified atom stereocenters. The van der Waals surface area contributed by atoms with Gasteiger partial charge in [-0.05, 0) is 22.9 Å². The summed E-state index contributed by atoms with van der Waals surface area (Å²) in [4.78, 5) is 13.6. The fraction of sp³-hybridized carbons (Fsp3) is 0.286. The van der Waals surface area contributed by atoms with Crippen LogP contribution in [0.25, 0.3) is 0 Å². The minimum absolute atomic E-state index is 0.0772. The van der Waals surface area contributed by atoms with E-state index < -0.39 is 4.92 Å². The monoisotopic (exact) mass is 246 g/mol. The second-order valence-electron chi connectivity index (χ2n) is 2.17. The molecule has 1 aromatic heterocycles. The van der Waals surface area contributed by atoms with Crippen LogP contribution in [0, 0.1) is 10.1 Å². The number of ether oxygens (including phenoxy) is 1. The van der Waals surface area contributed by atoms with Gasteiger partial charge in [0.15, 0.2) is 5.75 Å². The first-order valence-corrected chi connectivity index (χ1v) is 4.37. The molecule has 0 atom stereocenters. The van der Waals surface area contributed by atoms with E-state index in [4.69, 9.17) is 4.74 Å². The highest BCUT2D eigenvalue weighted by Gasteiger charge is 2.10. The molecule has 0 saturated heterocycles. The molecule has 0 aliphatic rings. The number of rotatable bonds is 3. The molecule has 1 heterocycles. The molecule has 1 rings (SSSR count). The van der Waals surface area contributed by atoms with Crippen LogP contribution in [0.2, 0.25) is 0 Å². The summed E-state index contributed by atoms with van der Waals surface area (Å²) in [6.07, 6.45) is 1.17. The van der Waals surface area contributed by atoms with Crippen molar-refractivity contribution in [3.63, 3.8) is 0 Å². The second kappa shape index (κ2) is 4.18. The zero-order valence-corrected chi connectivity index (χ0v) is 8.44. The number of nitro groups is 1. The number of nitrogens with zero attached hydrogens (tertiary/aromatic N) is 2. The highest BCUT2D eigenvalue weighted by molar-refractivity contribution is 9.10. The van der Waals surface area contributed by atoms with Crippen LogP contribution in [0.4, 0.5) is 5.69 Å². The third-order valence-electron chi connectivity index (χ3n) is 1.30. The summed E-state index contributed by atoms with van der Waals surface area (Å²) in [5.41, 5.74) is -0.0772. The Morgan fingerprint density at radius 2 is 2.46 bits per heavy atom. The highest BCUT2D eigenvalue weighted by atomic mass is 79.9. The molecule has 0 bridgehead atoms. The molecule has 6 heteroatoms. The Morgan fingerprint density at radius 3 is 3.00 bits per heavy atom. The van der Waals surface area contributed by atoms with Crippen LogP contribution in [0.15, 0.2) is 16.9 Å². The van der Waals surface area contributed by atoms with Crippen LogP contribution >= 0.6 is 15.9 Å². The lowest BCUT2D eigenvalue weighted by atomic mass is 10.4. The van der Waals surface area contributed by atoms with E-state index in [1.54, 1.807) is 6.92 Å². The number of hydrogen-bond donors (Lipinski definition) is 0. The molecule has 0 aliphatic heterocycles. The lowest BCUT2D eigenvalue weighted by Crippen LogP contribution is -1.96. The number of hydrogen-bond acceptors (Lipinski definition) is 4. The zero-order valence-electron chi connectivity index (χ0n) is 6.86. The number of aromatic nitrogens is 1. The van der Waals surface area contributed by atoms with Gasteiger partial charge in [0.05, 0.1) is 17.6 Å². The van der Waals surface area contributed by atoms with Crippen molar-refractivity contribution >= 4 is 21.6 Å². The molecule has 0 aliphatic carbocycles. The molecule has 0 amide bonds. The van der Waals surface area contributed by atoms with Crippen LogP contribution in [0.5, 0.6) is 5.75 Å². The first kappa shape index (κ1) is 9.91. The van der Waals surface area contributed by atoms with E-state index >= 15 is 0 Å². The van der Waals surface area contributed by atoms with Crippen molar-refractivity contribution in [2.75, 3.05) is 6.61 Å². The lowest BCUT2D eigenvalue weighted by Gasteiger charge is -2.03. The SMILES string of the molecule is CCOc1cc([N+](=O)[O-])cnc1Br. The van der Waals surface area contributed by atoms with E-state index in [1.807, 2.05) is 0 Å². The van der Waals surface area contributed by atoms with Gasteiger partial charge in [-0.1, -0.05) is 0 Å². The van der Waals surface area contributed by atoms with E-state index in [2.05, 4.69) is 20.9 Å². The second-order valence-corrected chi connectivity index (χ2v) is 2.92. The van der Waals surface area contributed by atoms with Crippen molar-refractivity contribution in [3.8, 4) is 5.75 Å². The van der Waals surface area contributed by atoms with Crippen molar-refractivity contribution in [1.29, 1.82) is 0 Å². The summed E-state index contributed by atoms with van der Waals surface area (Å²) in [7, 11) is 0. The smallest absolute Gasteiger partial charge is 0.291 e. The van der Waals surface area contributed by atoms with Crippen molar-refractivity contribution in [3.05, 3.63) is 27.0 Å². The zero-order chi connectivity index (χ0) is 9.84. The van der Waals surface area contributed by atoms with Crippen LogP contribution < -0.4 is 4.74 Å².